The first-order valence-electron chi connectivity index (χ1n) is 16.3. The van der Waals surface area contributed by atoms with Gasteiger partial charge in [-0.3, -0.25) is 9.59 Å². The van der Waals surface area contributed by atoms with Crippen molar-refractivity contribution in [1.29, 1.82) is 0 Å². The molecule has 264 valence electrons. The average Bonchev–Trinajstić information content (AvgIpc) is 3.79. The number of rotatable bonds is 10. The number of aliphatic hydroxyl groups excluding tert-OH is 1. The van der Waals surface area contributed by atoms with E-state index in [-0.39, 0.29) is 44.2 Å². The van der Waals surface area contributed by atoms with Gasteiger partial charge in [0.15, 0.2) is 10.6 Å². The lowest BCUT2D eigenvalue weighted by molar-refractivity contribution is -0.268. The van der Waals surface area contributed by atoms with Crippen LogP contribution in [-0.4, -0.2) is 62.6 Å². The number of hydrogen-bond donors (Lipinski definition) is 2. The van der Waals surface area contributed by atoms with Crippen molar-refractivity contribution >= 4 is 34.9 Å². The average molecular weight is 727 g/mol. The van der Waals surface area contributed by atoms with E-state index in [2.05, 4.69) is 22.4 Å². The van der Waals surface area contributed by atoms with Crippen LogP contribution in [0.3, 0.4) is 0 Å². The zero-order valence-corrected chi connectivity index (χ0v) is 29.1. The van der Waals surface area contributed by atoms with E-state index in [1.807, 2.05) is 79.7 Å². The first kappa shape index (κ1) is 36.0. The van der Waals surface area contributed by atoms with Gasteiger partial charge in [-0.15, -0.1) is 10.2 Å². The standard InChI is InChI=1S/C36H37F3N4O5S2/c1-21-30(20-49-35-42-41-22(2)50-35)47-33(48-31(21)25-13-11-23(19-44)12-14-25)28-9-4-8-27(17-28)26-7-3-6-24(16-26)18-40-32(45)29-10-5-15-43(29)34(46)36(37,38)39/h3-4,6-9,11-14,16-17,21,29-31,33,44H,5,10,15,18-20H2,1-2H3,(H,40,45)/t21-,29-,30+,31+,33+/m0/s1. The van der Waals surface area contributed by atoms with Crippen molar-refractivity contribution in [2.75, 3.05) is 12.3 Å². The number of amides is 2. The van der Waals surface area contributed by atoms with Gasteiger partial charge in [0, 0.05) is 30.3 Å². The number of aliphatic hydroxyl groups is 1. The number of carbonyl (C=O) groups is 2. The Bertz CT molecular complexity index is 1800. The van der Waals surface area contributed by atoms with Crippen LogP contribution in [0.2, 0.25) is 0 Å². The molecule has 3 aromatic carbocycles. The number of hydrogen-bond acceptors (Lipinski definition) is 9. The number of thioether (sulfide) groups is 1. The number of ether oxygens (including phenoxy) is 2. The second-order valence-electron chi connectivity index (χ2n) is 12.4. The van der Waals surface area contributed by atoms with Crippen LogP contribution >= 0.6 is 23.1 Å². The fourth-order valence-electron chi connectivity index (χ4n) is 6.28. The first-order valence-corrected chi connectivity index (χ1v) is 18.1. The van der Waals surface area contributed by atoms with Crippen LogP contribution < -0.4 is 5.32 Å². The molecule has 2 aliphatic rings. The largest absolute Gasteiger partial charge is 0.471 e. The van der Waals surface area contributed by atoms with Crippen LogP contribution in [0.15, 0.2) is 77.1 Å². The van der Waals surface area contributed by atoms with Crippen LogP contribution in [0.25, 0.3) is 11.1 Å². The van der Waals surface area contributed by atoms with Crippen LogP contribution in [0.4, 0.5) is 13.2 Å². The molecular formula is C36H37F3N4O5S2. The third kappa shape index (κ3) is 8.37. The molecule has 1 aromatic heterocycles. The van der Waals surface area contributed by atoms with Gasteiger partial charge in [-0.05, 0) is 59.7 Å². The molecule has 5 atom stereocenters. The molecule has 2 N–H and O–H groups in total. The summed E-state index contributed by atoms with van der Waals surface area (Å²) < 4.78 is 53.3. The molecule has 9 nitrogen and oxygen atoms in total. The van der Waals surface area contributed by atoms with Crippen molar-refractivity contribution < 1.29 is 37.3 Å². The molecule has 0 spiro atoms. The molecule has 50 heavy (non-hydrogen) atoms. The molecule has 3 heterocycles. The second kappa shape index (κ2) is 15.6. The molecule has 0 bridgehead atoms. The molecule has 4 aromatic rings. The highest BCUT2D eigenvalue weighted by atomic mass is 32.2. The molecule has 14 heteroatoms. The number of carbonyl (C=O) groups excluding carboxylic acids is 2. The SMILES string of the molecule is Cc1nnc(SC[C@H]2O[C@@H](c3cccc(-c4cccc(CNC(=O)[C@@H]5CCCN5C(=O)C(F)(F)F)c4)c3)O[C@@H](c3ccc(CO)cc3)[C@H]2C)s1. The number of nitrogens with zero attached hydrogens (tertiary/aromatic N) is 3. The third-order valence-corrected chi connectivity index (χ3v) is 11.0. The van der Waals surface area contributed by atoms with E-state index in [1.165, 1.54) is 0 Å². The Balaban J connectivity index is 1.18. The number of aryl methyl sites for hydroxylation is 1. The fourth-order valence-corrected chi connectivity index (χ4v) is 8.28. The lowest BCUT2D eigenvalue weighted by Gasteiger charge is -2.41. The summed E-state index contributed by atoms with van der Waals surface area (Å²) in [6.45, 7) is 3.97. The number of likely N-dealkylation sites (tertiary alicyclic amines) is 1. The van der Waals surface area contributed by atoms with Crippen molar-refractivity contribution in [2.24, 2.45) is 5.92 Å². The monoisotopic (exact) mass is 726 g/mol. The maximum absolute atomic E-state index is 13.0. The van der Waals surface area contributed by atoms with Gasteiger partial charge in [-0.1, -0.05) is 90.7 Å². The fraction of sp³-hybridized carbons (Fsp3) is 0.389. The van der Waals surface area contributed by atoms with Gasteiger partial charge in [-0.2, -0.15) is 13.2 Å². The zero-order valence-electron chi connectivity index (χ0n) is 27.4. The lowest BCUT2D eigenvalue weighted by atomic mass is 9.91. The second-order valence-corrected chi connectivity index (χ2v) is 14.9. The Morgan fingerprint density at radius 2 is 1.74 bits per heavy atom. The molecule has 6 rings (SSSR count). The minimum absolute atomic E-state index is 0.00529. The van der Waals surface area contributed by atoms with Crippen molar-refractivity contribution in [3.8, 4) is 11.1 Å². The van der Waals surface area contributed by atoms with Crippen molar-refractivity contribution in [2.45, 2.75) is 74.9 Å². The number of halogens is 3. The van der Waals surface area contributed by atoms with E-state index in [0.29, 0.717) is 17.1 Å². The highest BCUT2D eigenvalue weighted by molar-refractivity contribution is 8.01. The Morgan fingerprint density at radius 3 is 2.44 bits per heavy atom. The summed E-state index contributed by atoms with van der Waals surface area (Å²) in [5, 5.41) is 21.6. The summed E-state index contributed by atoms with van der Waals surface area (Å²) in [6.07, 6.45) is -5.64. The predicted molar refractivity (Wildman–Crippen MR) is 183 cm³/mol. The molecule has 0 saturated carbocycles. The van der Waals surface area contributed by atoms with Crippen molar-refractivity contribution in [1.82, 2.24) is 20.4 Å². The summed E-state index contributed by atoms with van der Waals surface area (Å²) in [5.74, 6) is -1.94. The number of benzene rings is 3. The van der Waals surface area contributed by atoms with Crippen LogP contribution in [0.1, 0.15) is 59.4 Å². The Morgan fingerprint density at radius 1 is 1.00 bits per heavy atom. The highest BCUT2D eigenvalue weighted by Gasteiger charge is 2.47. The lowest BCUT2D eigenvalue weighted by Crippen LogP contribution is -2.50. The summed E-state index contributed by atoms with van der Waals surface area (Å²) in [7, 11) is 0. The number of aromatic nitrogens is 2. The third-order valence-electron chi connectivity index (χ3n) is 8.95. The van der Waals surface area contributed by atoms with Gasteiger partial charge < -0.3 is 24.8 Å². The Hall–Kier alpha value is -3.82. The van der Waals surface area contributed by atoms with Gasteiger partial charge in [0.2, 0.25) is 5.91 Å². The van der Waals surface area contributed by atoms with E-state index in [0.717, 1.165) is 42.7 Å². The molecule has 2 fully saturated rings. The minimum Gasteiger partial charge on any atom is -0.392 e. The van der Waals surface area contributed by atoms with E-state index in [9.17, 15) is 27.9 Å². The molecule has 0 aliphatic carbocycles. The van der Waals surface area contributed by atoms with Gasteiger partial charge in [0.1, 0.15) is 11.0 Å². The number of nitrogens with one attached hydrogen (secondary N) is 1. The summed E-state index contributed by atoms with van der Waals surface area (Å²) in [4.78, 5) is 25.3. The predicted octanol–water partition coefficient (Wildman–Crippen LogP) is 6.76. The van der Waals surface area contributed by atoms with Crippen molar-refractivity contribution in [3.63, 3.8) is 0 Å². The van der Waals surface area contributed by atoms with Gasteiger partial charge in [0.25, 0.3) is 0 Å². The zero-order chi connectivity index (χ0) is 35.4. The molecule has 2 amide bonds. The smallest absolute Gasteiger partial charge is 0.392 e. The number of alkyl halides is 3. The molecule has 2 saturated heterocycles. The maximum Gasteiger partial charge on any atom is 0.471 e. The minimum atomic E-state index is -5.02. The summed E-state index contributed by atoms with van der Waals surface area (Å²) in [5.41, 5.74) is 5.13. The van der Waals surface area contributed by atoms with Crippen LogP contribution in [-0.2, 0) is 32.2 Å². The van der Waals surface area contributed by atoms with E-state index in [4.69, 9.17) is 9.47 Å². The van der Waals surface area contributed by atoms with Gasteiger partial charge in [-0.25, -0.2) is 0 Å². The van der Waals surface area contributed by atoms with Crippen LogP contribution in [0, 0.1) is 12.8 Å². The molecule has 2 aliphatic heterocycles. The van der Waals surface area contributed by atoms with E-state index >= 15 is 0 Å². The van der Waals surface area contributed by atoms with E-state index < -0.39 is 30.3 Å². The normalized spacial score (nSPS) is 22.4. The van der Waals surface area contributed by atoms with Gasteiger partial charge >= 0.3 is 12.1 Å². The van der Waals surface area contributed by atoms with Crippen LogP contribution in [0.5, 0.6) is 0 Å². The maximum atomic E-state index is 13.0. The van der Waals surface area contributed by atoms with Gasteiger partial charge in [0.05, 0.1) is 18.8 Å². The molecule has 0 unspecified atom stereocenters. The molecule has 0 radical (unpaired) electrons. The quantitative estimate of drug-likeness (QED) is 0.173. The Kier molecular flexibility index (Phi) is 11.2. The topological polar surface area (TPSA) is 114 Å². The summed E-state index contributed by atoms with van der Waals surface area (Å²) >= 11 is 3.14. The van der Waals surface area contributed by atoms with Crippen molar-refractivity contribution in [3.05, 3.63) is 100 Å². The molecular weight excluding hydrogens is 690 g/mol. The first-order chi connectivity index (χ1) is 24.0. The highest BCUT2D eigenvalue weighted by Crippen LogP contribution is 2.43. The summed E-state index contributed by atoms with van der Waals surface area (Å²) in [6, 6.07) is 22.0. The Labute approximate surface area is 296 Å². The van der Waals surface area contributed by atoms with E-state index in [1.54, 1.807) is 23.1 Å².